The van der Waals surface area contributed by atoms with Crippen molar-refractivity contribution in [1.82, 2.24) is 4.98 Å². The number of aromatic nitrogens is 1. The number of benzene rings is 1. The molecule has 0 saturated heterocycles. The lowest BCUT2D eigenvalue weighted by Crippen LogP contribution is -2.29. The van der Waals surface area contributed by atoms with Crippen LogP contribution in [-0.4, -0.2) is 11.5 Å². The molecule has 0 atom stereocenters. The summed E-state index contributed by atoms with van der Waals surface area (Å²) in [6.45, 7) is 1.80. The number of halogens is 1. The van der Waals surface area contributed by atoms with Crippen molar-refractivity contribution in [3.63, 3.8) is 0 Å². The Bertz CT molecular complexity index is 552. The highest BCUT2D eigenvalue weighted by molar-refractivity contribution is 7.15. The lowest BCUT2D eigenvalue weighted by atomic mass is 10.1. The third kappa shape index (κ3) is 1.98. The fraction of sp³-hybridized carbons (Fsp3) is 0.250. The van der Waals surface area contributed by atoms with Gasteiger partial charge in [-0.25, -0.2) is 4.98 Å². The molecule has 0 spiro atoms. The first-order chi connectivity index (χ1) is 8.24. The van der Waals surface area contributed by atoms with Crippen LogP contribution in [0.15, 0.2) is 24.3 Å². The largest absolute Gasteiger partial charge is 0.375 e. The molecule has 0 unspecified atom stereocenters. The SMILES string of the molecule is Nc1nc2c(s1)CN(c1ccccc1Cl)CC2. The van der Waals surface area contributed by atoms with Crippen LogP contribution in [0, 0.1) is 0 Å². The van der Waals surface area contributed by atoms with Gasteiger partial charge in [0.25, 0.3) is 0 Å². The summed E-state index contributed by atoms with van der Waals surface area (Å²) in [6, 6.07) is 7.94. The number of rotatable bonds is 1. The number of nitrogen functional groups attached to an aromatic ring is 1. The van der Waals surface area contributed by atoms with Crippen LogP contribution in [-0.2, 0) is 13.0 Å². The highest BCUT2D eigenvalue weighted by atomic mass is 35.5. The zero-order chi connectivity index (χ0) is 11.8. The molecular formula is C12H12ClN3S. The highest BCUT2D eigenvalue weighted by Crippen LogP contribution is 2.32. The molecule has 0 saturated carbocycles. The lowest BCUT2D eigenvalue weighted by molar-refractivity contribution is 0.729. The van der Waals surface area contributed by atoms with E-state index in [4.69, 9.17) is 17.3 Å². The van der Waals surface area contributed by atoms with E-state index in [1.165, 1.54) is 4.88 Å². The monoisotopic (exact) mass is 265 g/mol. The highest BCUT2D eigenvalue weighted by Gasteiger charge is 2.21. The summed E-state index contributed by atoms with van der Waals surface area (Å²) in [7, 11) is 0. The first-order valence-corrected chi connectivity index (χ1v) is 6.67. The fourth-order valence-electron chi connectivity index (χ4n) is 2.13. The van der Waals surface area contributed by atoms with Crippen LogP contribution in [0.4, 0.5) is 10.8 Å². The predicted octanol–water partition coefficient (Wildman–Crippen LogP) is 2.94. The number of hydrogen-bond acceptors (Lipinski definition) is 4. The molecule has 0 fully saturated rings. The molecule has 0 aliphatic carbocycles. The number of thiazole rings is 1. The molecule has 1 aromatic carbocycles. The summed E-state index contributed by atoms with van der Waals surface area (Å²) in [5.41, 5.74) is 7.97. The first-order valence-electron chi connectivity index (χ1n) is 5.47. The molecule has 1 aromatic heterocycles. The molecule has 0 radical (unpaired) electrons. The summed E-state index contributed by atoms with van der Waals surface area (Å²) in [5.74, 6) is 0. The number of nitrogens with two attached hydrogens (primary N) is 1. The van der Waals surface area contributed by atoms with E-state index in [2.05, 4.69) is 16.0 Å². The van der Waals surface area contributed by atoms with Gasteiger partial charge in [-0.2, -0.15) is 0 Å². The topological polar surface area (TPSA) is 42.1 Å². The molecule has 88 valence electrons. The average Bonchev–Trinajstić information content (AvgIpc) is 2.68. The van der Waals surface area contributed by atoms with Crippen LogP contribution >= 0.6 is 22.9 Å². The molecule has 0 bridgehead atoms. The van der Waals surface area contributed by atoms with Gasteiger partial charge < -0.3 is 10.6 Å². The summed E-state index contributed by atoms with van der Waals surface area (Å²) < 4.78 is 0. The van der Waals surface area contributed by atoms with Crippen LogP contribution in [0.1, 0.15) is 10.6 Å². The normalized spacial score (nSPS) is 14.8. The molecule has 2 N–H and O–H groups in total. The molecule has 1 aliphatic heterocycles. The van der Waals surface area contributed by atoms with Gasteiger partial charge >= 0.3 is 0 Å². The van der Waals surface area contributed by atoms with Crippen LogP contribution in [0.25, 0.3) is 0 Å². The van der Waals surface area contributed by atoms with Gasteiger partial charge in [-0.05, 0) is 12.1 Å². The molecule has 3 rings (SSSR count). The van der Waals surface area contributed by atoms with E-state index < -0.39 is 0 Å². The fourth-order valence-corrected chi connectivity index (χ4v) is 3.28. The van der Waals surface area contributed by atoms with Gasteiger partial charge in [0.2, 0.25) is 0 Å². The zero-order valence-corrected chi connectivity index (χ0v) is 10.8. The van der Waals surface area contributed by atoms with Crippen LogP contribution in [0.2, 0.25) is 5.02 Å². The maximum Gasteiger partial charge on any atom is 0.180 e. The third-order valence-electron chi connectivity index (χ3n) is 2.94. The Balaban J connectivity index is 1.91. The Morgan fingerprint density at radius 1 is 1.35 bits per heavy atom. The summed E-state index contributed by atoms with van der Waals surface area (Å²) >= 11 is 7.79. The second-order valence-corrected chi connectivity index (χ2v) is 5.57. The number of nitrogens with zero attached hydrogens (tertiary/aromatic N) is 2. The number of para-hydroxylation sites is 1. The van der Waals surface area contributed by atoms with E-state index in [9.17, 15) is 0 Å². The maximum atomic E-state index is 6.21. The second kappa shape index (κ2) is 4.20. The molecule has 5 heteroatoms. The van der Waals surface area contributed by atoms with Crippen molar-refractivity contribution in [3.05, 3.63) is 39.9 Å². The minimum Gasteiger partial charge on any atom is -0.375 e. The van der Waals surface area contributed by atoms with Gasteiger partial charge in [-0.1, -0.05) is 23.7 Å². The van der Waals surface area contributed by atoms with Crippen molar-refractivity contribution in [1.29, 1.82) is 0 Å². The lowest BCUT2D eigenvalue weighted by Gasteiger charge is -2.28. The number of fused-ring (bicyclic) bond motifs is 1. The minimum absolute atomic E-state index is 0.663. The minimum atomic E-state index is 0.663. The van der Waals surface area contributed by atoms with E-state index >= 15 is 0 Å². The van der Waals surface area contributed by atoms with Gasteiger partial charge in [0, 0.05) is 17.8 Å². The van der Waals surface area contributed by atoms with E-state index in [-0.39, 0.29) is 0 Å². The third-order valence-corrected chi connectivity index (χ3v) is 4.17. The zero-order valence-electron chi connectivity index (χ0n) is 9.19. The van der Waals surface area contributed by atoms with E-state index in [1.807, 2.05) is 18.2 Å². The standard InChI is InChI=1S/C12H12ClN3S/c13-8-3-1-2-4-10(8)16-6-5-9-11(7-16)17-12(14)15-9/h1-4H,5-7H2,(H2,14,15). The van der Waals surface area contributed by atoms with Crippen molar-refractivity contribution in [3.8, 4) is 0 Å². The quantitative estimate of drug-likeness (QED) is 0.862. The summed E-state index contributed by atoms with van der Waals surface area (Å²) in [6.07, 6.45) is 0.939. The second-order valence-electron chi connectivity index (χ2n) is 4.04. The molecule has 0 amide bonds. The molecule has 2 aromatic rings. The van der Waals surface area contributed by atoms with Gasteiger partial charge in [0.1, 0.15) is 0 Å². The van der Waals surface area contributed by atoms with Crippen LogP contribution in [0.5, 0.6) is 0 Å². The molecule has 2 heterocycles. The van der Waals surface area contributed by atoms with Crippen molar-refractivity contribution in [2.75, 3.05) is 17.2 Å². The Hall–Kier alpha value is -1.26. The summed E-state index contributed by atoms with van der Waals surface area (Å²) in [4.78, 5) is 7.88. The van der Waals surface area contributed by atoms with Gasteiger partial charge in [0.05, 0.1) is 22.9 Å². The van der Waals surface area contributed by atoms with Crippen molar-refractivity contribution in [2.45, 2.75) is 13.0 Å². The molecule has 17 heavy (non-hydrogen) atoms. The molecule has 1 aliphatic rings. The Morgan fingerprint density at radius 2 is 2.18 bits per heavy atom. The molecule has 3 nitrogen and oxygen atoms in total. The predicted molar refractivity (Wildman–Crippen MR) is 72.7 cm³/mol. The van der Waals surface area contributed by atoms with E-state index in [0.29, 0.717) is 5.13 Å². The Morgan fingerprint density at radius 3 is 3.00 bits per heavy atom. The van der Waals surface area contributed by atoms with E-state index in [0.717, 1.165) is 35.9 Å². The van der Waals surface area contributed by atoms with Crippen LogP contribution in [0.3, 0.4) is 0 Å². The summed E-state index contributed by atoms with van der Waals surface area (Å²) in [5, 5.41) is 1.46. The smallest absolute Gasteiger partial charge is 0.180 e. The maximum absolute atomic E-state index is 6.21. The van der Waals surface area contributed by atoms with Crippen LogP contribution < -0.4 is 10.6 Å². The van der Waals surface area contributed by atoms with Crippen molar-refractivity contribution >= 4 is 33.8 Å². The Labute approximate surface area is 109 Å². The Kier molecular flexibility index (Phi) is 2.68. The average molecular weight is 266 g/mol. The van der Waals surface area contributed by atoms with Gasteiger partial charge in [-0.3, -0.25) is 0 Å². The first kappa shape index (κ1) is 10.9. The van der Waals surface area contributed by atoms with Crippen molar-refractivity contribution in [2.24, 2.45) is 0 Å². The molecular weight excluding hydrogens is 254 g/mol. The van der Waals surface area contributed by atoms with E-state index in [1.54, 1.807) is 11.3 Å². The van der Waals surface area contributed by atoms with Gasteiger partial charge in [0.15, 0.2) is 5.13 Å². The number of hydrogen-bond donors (Lipinski definition) is 1. The van der Waals surface area contributed by atoms with Crippen molar-refractivity contribution < 1.29 is 0 Å². The number of anilines is 2. The van der Waals surface area contributed by atoms with Gasteiger partial charge in [-0.15, -0.1) is 11.3 Å².